The zero-order valence-corrected chi connectivity index (χ0v) is 17.1. The number of hydrogen-bond donors (Lipinski definition) is 3. The maximum atomic E-state index is 12.5. The number of rotatable bonds is 9. The van der Waals surface area contributed by atoms with Gasteiger partial charge in [-0.3, -0.25) is 4.79 Å². The van der Waals surface area contributed by atoms with Crippen molar-refractivity contribution in [2.45, 2.75) is 13.8 Å². The molecule has 0 fully saturated rings. The standard InChI is InChI=1S/C21H26N4O2S/c1-5-10-22-20(26)17-12-18(27-13-14(3)4)15-8-7-9-16(19(15)24-17)25-21(28)23-11-6-2/h5-9,12,14H,1-2,10-11,13H2,3-4H3,(H,22,26)(H2,23,25,28). The fourth-order valence-electron chi connectivity index (χ4n) is 2.40. The highest BCUT2D eigenvalue weighted by Crippen LogP contribution is 2.31. The quantitative estimate of drug-likeness (QED) is 0.442. The molecule has 0 radical (unpaired) electrons. The lowest BCUT2D eigenvalue weighted by Crippen LogP contribution is -2.28. The molecule has 0 spiro atoms. The number of thiocarbonyl (C=S) groups is 1. The zero-order valence-electron chi connectivity index (χ0n) is 16.2. The van der Waals surface area contributed by atoms with E-state index in [2.05, 4.69) is 47.9 Å². The van der Waals surface area contributed by atoms with E-state index in [-0.39, 0.29) is 11.6 Å². The van der Waals surface area contributed by atoms with Crippen LogP contribution in [0.5, 0.6) is 5.75 Å². The molecule has 0 unspecified atom stereocenters. The van der Waals surface area contributed by atoms with Gasteiger partial charge in [0, 0.05) is 24.5 Å². The van der Waals surface area contributed by atoms with Gasteiger partial charge in [-0.2, -0.15) is 0 Å². The first-order chi connectivity index (χ1) is 13.5. The van der Waals surface area contributed by atoms with Gasteiger partial charge in [-0.05, 0) is 30.3 Å². The Bertz CT molecular complexity index is 880. The Kier molecular flexibility index (Phi) is 7.95. The van der Waals surface area contributed by atoms with E-state index in [1.807, 2.05) is 18.2 Å². The average Bonchev–Trinajstić information content (AvgIpc) is 2.68. The zero-order chi connectivity index (χ0) is 20.5. The van der Waals surface area contributed by atoms with Gasteiger partial charge in [-0.1, -0.05) is 32.1 Å². The van der Waals surface area contributed by atoms with Crippen molar-refractivity contribution in [2.75, 3.05) is 25.0 Å². The molecule has 1 aromatic carbocycles. The number of nitrogens with zero attached hydrogens (tertiary/aromatic N) is 1. The molecule has 0 aliphatic rings. The Morgan fingerprint density at radius 2 is 1.96 bits per heavy atom. The highest BCUT2D eigenvalue weighted by molar-refractivity contribution is 7.80. The summed E-state index contributed by atoms with van der Waals surface area (Å²) >= 11 is 5.31. The van der Waals surface area contributed by atoms with Crippen molar-refractivity contribution in [2.24, 2.45) is 5.92 Å². The monoisotopic (exact) mass is 398 g/mol. The Morgan fingerprint density at radius 3 is 2.64 bits per heavy atom. The number of pyridine rings is 1. The second-order valence-electron chi connectivity index (χ2n) is 6.53. The molecule has 0 atom stereocenters. The van der Waals surface area contributed by atoms with Crippen LogP contribution in [0.4, 0.5) is 5.69 Å². The average molecular weight is 399 g/mol. The molecule has 0 bridgehead atoms. The van der Waals surface area contributed by atoms with Gasteiger partial charge in [0.1, 0.15) is 11.4 Å². The van der Waals surface area contributed by atoms with Crippen LogP contribution in [0.1, 0.15) is 24.3 Å². The normalized spacial score (nSPS) is 10.4. The first kappa shape index (κ1) is 21.4. The van der Waals surface area contributed by atoms with Crippen LogP contribution >= 0.6 is 12.2 Å². The molecule has 0 aliphatic heterocycles. The lowest BCUT2D eigenvalue weighted by atomic mass is 10.1. The smallest absolute Gasteiger partial charge is 0.270 e. The molecular weight excluding hydrogens is 372 g/mol. The number of hydrogen-bond acceptors (Lipinski definition) is 4. The van der Waals surface area contributed by atoms with Crippen molar-refractivity contribution in [1.82, 2.24) is 15.6 Å². The molecule has 0 saturated heterocycles. The summed E-state index contributed by atoms with van der Waals surface area (Å²) in [4.78, 5) is 17.0. The molecule has 28 heavy (non-hydrogen) atoms. The Hall–Kier alpha value is -2.93. The molecule has 2 rings (SSSR count). The maximum Gasteiger partial charge on any atom is 0.270 e. The molecule has 148 valence electrons. The van der Waals surface area contributed by atoms with Crippen LogP contribution in [0.3, 0.4) is 0 Å². The van der Waals surface area contributed by atoms with E-state index in [0.29, 0.717) is 47.7 Å². The number of para-hydroxylation sites is 1. The highest BCUT2D eigenvalue weighted by atomic mass is 32.1. The number of aromatic nitrogens is 1. The SMILES string of the molecule is C=CCNC(=O)c1cc(OCC(C)C)c2cccc(NC(=S)NCC=C)c2n1. The molecule has 1 amide bonds. The minimum Gasteiger partial charge on any atom is -0.493 e. The molecular formula is C21H26N4O2S. The second kappa shape index (κ2) is 10.4. The van der Waals surface area contributed by atoms with E-state index in [1.165, 1.54) is 0 Å². The van der Waals surface area contributed by atoms with Gasteiger partial charge in [-0.15, -0.1) is 13.2 Å². The summed E-state index contributed by atoms with van der Waals surface area (Å²) in [6, 6.07) is 7.33. The minimum absolute atomic E-state index is 0.271. The van der Waals surface area contributed by atoms with Gasteiger partial charge < -0.3 is 20.7 Å². The van der Waals surface area contributed by atoms with Crippen LogP contribution in [0, 0.1) is 5.92 Å². The molecule has 6 nitrogen and oxygen atoms in total. The summed E-state index contributed by atoms with van der Waals surface area (Å²) in [6.07, 6.45) is 3.33. The molecule has 0 saturated carbocycles. The number of fused-ring (bicyclic) bond motifs is 1. The predicted octanol–water partition coefficient (Wildman–Crippen LogP) is 3.66. The Labute approximate surface area is 171 Å². The first-order valence-electron chi connectivity index (χ1n) is 9.07. The summed E-state index contributed by atoms with van der Waals surface area (Å²) in [6.45, 7) is 12.8. The van der Waals surface area contributed by atoms with E-state index in [4.69, 9.17) is 17.0 Å². The number of amides is 1. The fraction of sp³-hybridized carbons (Fsp3) is 0.286. The predicted molar refractivity (Wildman–Crippen MR) is 119 cm³/mol. The largest absolute Gasteiger partial charge is 0.493 e. The van der Waals surface area contributed by atoms with E-state index >= 15 is 0 Å². The minimum atomic E-state index is -0.293. The number of anilines is 1. The second-order valence-corrected chi connectivity index (χ2v) is 6.94. The van der Waals surface area contributed by atoms with E-state index in [0.717, 1.165) is 5.39 Å². The summed E-state index contributed by atoms with van der Waals surface area (Å²) < 4.78 is 5.97. The fourth-order valence-corrected chi connectivity index (χ4v) is 2.59. The van der Waals surface area contributed by atoms with Gasteiger partial charge in [0.15, 0.2) is 5.11 Å². The molecule has 1 heterocycles. The van der Waals surface area contributed by atoms with Crippen LogP contribution in [-0.4, -0.2) is 35.7 Å². The maximum absolute atomic E-state index is 12.5. The summed E-state index contributed by atoms with van der Waals surface area (Å²) in [5.74, 6) is 0.660. The lowest BCUT2D eigenvalue weighted by Gasteiger charge is -2.16. The number of benzene rings is 1. The van der Waals surface area contributed by atoms with Crippen molar-refractivity contribution < 1.29 is 9.53 Å². The number of ether oxygens (including phenoxy) is 1. The van der Waals surface area contributed by atoms with Crippen LogP contribution < -0.4 is 20.7 Å². The number of carbonyl (C=O) groups is 1. The van der Waals surface area contributed by atoms with Crippen LogP contribution in [0.15, 0.2) is 49.6 Å². The number of nitrogens with one attached hydrogen (secondary N) is 3. The molecule has 2 aromatic rings. The third kappa shape index (κ3) is 5.79. The molecule has 1 aromatic heterocycles. The molecule has 3 N–H and O–H groups in total. The topological polar surface area (TPSA) is 75.3 Å². The number of carbonyl (C=O) groups excluding carboxylic acids is 1. The van der Waals surface area contributed by atoms with Crippen molar-refractivity contribution in [3.05, 3.63) is 55.3 Å². The van der Waals surface area contributed by atoms with Crippen LogP contribution in [0.25, 0.3) is 10.9 Å². The van der Waals surface area contributed by atoms with Gasteiger partial charge >= 0.3 is 0 Å². The van der Waals surface area contributed by atoms with Crippen molar-refractivity contribution >= 4 is 39.8 Å². The first-order valence-corrected chi connectivity index (χ1v) is 9.48. The van der Waals surface area contributed by atoms with E-state index < -0.39 is 0 Å². The van der Waals surface area contributed by atoms with Crippen molar-refractivity contribution in [3.8, 4) is 5.75 Å². The van der Waals surface area contributed by atoms with Gasteiger partial charge in [-0.25, -0.2) is 4.98 Å². The molecule has 7 heteroatoms. The van der Waals surface area contributed by atoms with Crippen LogP contribution in [-0.2, 0) is 0 Å². The van der Waals surface area contributed by atoms with Gasteiger partial charge in [0.2, 0.25) is 0 Å². The third-order valence-electron chi connectivity index (χ3n) is 3.67. The highest BCUT2D eigenvalue weighted by Gasteiger charge is 2.15. The summed E-state index contributed by atoms with van der Waals surface area (Å²) in [5.41, 5.74) is 1.56. The summed E-state index contributed by atoms with van der Waals surface area (Å²) in [5, 5.41) is 10.1. The van der Waals surface area contributed by atoms with E-state index in [9.17, 15) is 4.79 Å². The van der Waals surface area contributed by atoms with Gasteiger partial charge in [0.05, 0.1) is 17.8 Å². The van der Waals surface area contributed by atoms with Crippen molar-refractivity contribution in [3.63, 3.8) is 0 Å². The molecule has 0 aliphatic carbocycles. The Morgan fingerprint density at radius 1 is 1.25 bits per heavy atom. The van der Waals surface area contributed by atoms with E-state index in [1.54, 1.807) is 18.2 Å². The van der Waals surface area contributed by atoms with Gasteiger partial charge in [0.25, 0.3) is 5.91 Å². The lowest BCUT2D eigenvalue weighted by molar-refractivity contribution is 0.0953. The van der Waals surface area contributed by atoms with Crippen LogP contribution in [0.2, 0.25) is 0 Å². The van der Waals surface area contributed by atoms with Crippen molar-refractivity contribution in [1.29, 1.82) is 0 Å². The third-order valence-corrected chi connectivity index (χ3v) is 3.91. The summed E-state index contributed by atoms with van der Waals surface area (Å²) in [7, 11) is 0. The Balaban J connectivity index is 2.48.